The minimum Gasteiger partial charge on any atom is -0.349 e. The van der Waals surface area contributed by atoms with E-state index in [1.807, 2.05) is 6.92 Å². The van der Waals surface area contributed by atoms with Crippen molar-refractivity contribution in [2.75, 3.05) is 5.75 Å². The average Bonchev–Trinajstić information content (AvgIpc) is 3.07. The fraction of sp³-hybridized carbons (Fsp3) is 0.444. The molecule has 1 aromatic carbocycles. The first kappa shape index (κ1) is 17.7. The Kier molecular flexibility index (Phi) is 5.86. The summed E-state index contributed by atoms with van der Waals surface area (Å²) in [7, 11) is 0. The van der Waals surface area contributed by atoms with Crippen LogP contribution < -0.4 is 5.32 Å². The minimum atomic E-state index is -0.0247. The highest BCUT2D eigenvalue weighted by molar-refractivity contribution is 7.99. The summed E-state index contributed by atoms with van der Waals surface area (Å²) in [6.07, 6.45) is 6.57. The first-order chi connectivity index (χ1) is 12.2. The maximum Gasteiger partial charge on any atom is 0.230 e. The molecule has 1 N–H and O–H groups in total. The lowest BCUT2D eigenvalue weighted by atomic mass is 9.89. The van der Waals surface area contributed by atoms with E-state index in [-0.39, 0.29) is 17.7 Å². The number of carbonyl (C=O) groups is 1. The molecule has 0 aliphatic heterocycles. The fourth-order valence-corrected chi connectivity index (χ4v) is 3.75. The average molecular weight is 357 g/mol. The van der Waals surface area contributed by atoms with Crippen molar-refractivity contribution in [3.63, 3.8) is 0 Å². The normalized spacial score (nSPS) is 14.6. The fourth-order valence-electron chi connectivity index (χ4n) is 3.06. The number of hydrogen-bond donors (Lipinski definition) is 1. The Labute approximate surface area is 152 Å². The van der Waals surface area contributed by atoms with Crippen molar-refractivity contribution in [3.05, 3.63) is 47.5 Å². The number of amides is 1. The molecule has 2 aromatic rings. The number of hydrogen-bond acceptors (Lipinski definition) is 5. The molecule has 6 nitrogen and oxygen atoms in total. The van der Waals surface area contributed by atoms with Crippen molar-refractivity contribution in [1.82, 2.24) is 25.5 Å². The Balaban J connectivity index is 1.55. The zero-order chi connectivity index (χ0) is 17.6. The van der Waals surface area contributed by atoms with Gasteiger partial charge < -0.3 is 5.32 Å². The number of aromatic nitrogens is 4. The maximum absolute atomic E-state index is 12.2. The van der Waals surface area contributed by atoms with E-state index in [1.54, 1.807) is 10.8 Å². The van der Waals surface area contributed by atoms with Crippen LogP contribution in [0.3, 0.4) is 0 Å². The zero-order valence-electron chi connectivity index (χ0n) is 14.4. The van der Waals surface area contributed by atoms with E-state index < -0.39 is 0 Å². The van der Waals surface area contributed by atoms with Gasteiger partial charge in [-0.05, 0) is 59.7 Å². The molecule has 1 unspecified atom stereocenters. The third-order valence-corrected chi connectivity index (χ3v) is 5.34. The lowest BCUT2D eigenvalue weighted by molar-refractivity contribution is -0.119. The van der Waals surface area contributed by atoms with Crippen LogP contribution in [0.1, 0.15) is 42.5 Å². The molecule has 1 aliphatic rings. The van der Waals surface area contributed by atoms with Crippen LogP contribution in [0.5, 0.6) is 0 Å². The predicted molar refractivity (Wildman–Crippen MR) is 98.4 cm³/mol. The van der Waals surface area contributed by atoms with Crippen LogP contribution in [0, 0.1) is 0 Å². The Bertz CT molecular complexity index is 758. The van der Waals surface area contributed by atoms with Crippen LogP contribution in [0.4, 0.5) is 0 Å². The predicted octanol–water partition coefficient (Wildman–Crippen LogP) is 2.71. The van der Waals surface area contributed by atoms with Crippen molar-refractivity contribution in [2.45, 2.75) is 50.4 Å². The third-order valence-electron chi connectivity index (χ3n) is 4.38. The third kappa shape index (κ3) is 4.48. The van der Waals surface area contributed by atoms with Crippen molar-refractivity contribution in [3.8, 4) is 0 Å². The van der Waals surface area contributed by atoms with Gasteiger partial charge in [-0.3, -0.25) is 4.79 Å². The highest BCUT2D eigenvalue weighted by atomic mass is 32.2. The van der Waals surface area contributed by atoms with Crippen LogP contribution in [-0.4, -0.2) is 31.9 Å². The van der Waals surface area contributed by atoms with Gasteiger partial charge >= 0.3 is 0 Å². The van der Waals surface area contributed by atoms with Crippen LogP contribution in [0.2, 0.25) is 0 Å². The number of thioether (sulfide) groups is 1. The van der Waals surface area contributed by atoms with Crippen molar-refractivity contribution >= 4 is 17.7 Å². The second-order valence-electron chi connectivity index (χ2n) is 6.25. The molecule has 0 fully saturated rings. The van der Waals surface area contributed by atoms with Gasteiger partial charge in [0.25, 0.3) is 0 Å². The van der Waals surface area contributed by atoms with E-state index in [1.165, 1.54) is 42.2 Å². The quantitative estimate of drug-likeness (QED) is 0.609. The van der Waals surface area contributed by atoms with Gasteiger partial charge in [-0.25, -0.2) is 4.68 Å². The molecule has 1 aliphatic carbocycles. The second kappa shape index (κ2) is 8.29. The van der Waals surface area contributed by atoms with Gasteiger partial charge in [-0.2, -0.15) is 0 Å². The molecule has 0 spiro atoms. The summed E-state index contributed by atoms with van der Waals surface area (Å²) in [6, 6.07) is 6.58. The van der Waals surface area contributed by atoms with Gasteiger partial charge in [-0.1, -0.05) is 36.0 Å². The lowest BCUT2D eigenvalue weighted by Crippen LogP contribution is -2.28. The number of fused-ring (bicyclic) bond motifs is 1. The smallest absolute Gasteiger partial charge is 0.230 e. The molecule has 1 atom stereocenters. The molecule has 1 heterocycles. The number of nitrogens with one attached hydrogen (secondary N) is 1. The number of allylic oxidation sites excluding steroid dienone is 1. The molecule has 7 heteroatoms. The lowest BCUT2D eigenvalue weighted by Gasteiger charge is -2.20. The Hall–Kier alpha value is -2.15. The summed E-state index contributed by atoms with van der Waals surface area (Å²) in [5.41, 5.74) is 4.05. The molecule has 3 rings (SSSR count). The summed E-state index contributed by atoms with van der Waals surface area (Å²) in [5, 5.41) is 15.1. The van der Waals surface area contributed by atoms with Crippen LogP contribution >= 0.6 is 11.8 Å². The summed E-state index contributed by atoms with van der Waals surface area (Å²) in [6.45, 7) is 6.22. The largest absolute Gasteiger partial charge is 0.349 e. The highest BCUT2D eigenvalue weighted by Gasteiger charge is 2.15. The van der Waals surface area contributed by atoms with Gasteiger partial charge in [0.15, 0.2) is 0 Å². The van der Waals surface area contributed by atoms with Gasteiger partial charge in [0.05, 0.1) is 18.3 Å². The van der Waals surface area contributed by atoms with Crippen LogP contribution in [0.25, 0.3) is 0 Å². The summed E-state index contributed by atoms with van der Waals surface area (Å²) in [5.74, 6) is 0.260. The first-order valence-corrected chi connectivity index (χ1v) is 9.57. The van der Waals surface area contributed by atoms with Crippen LogP contribution in [-0.2, 0) is 24.2 Å². The van der Waals surface area contributed by atoms with E-state index in [4.69, 9.17) is 0 Å². The van der Waals surface area contributed by atoms with E-state index in [0.717, 1.165) is 12.0 Å². The molecule has 0 saturated heterocycles. The van der Waals surface area contributed by atoms with E-state index in [9.17, 15) is 4.79 Å². The minimum absolute atomic E-state index is 0.00973. The van der Waals surface area contributed by atoms with Crippen LogP contribution in [0.15, 0.2) is 36.0 Å². The first-order valence-electron chi connectivity index (χ1n) is 8.58. The molecular weight excluding hydrogens is 334 g/mol. The molecule has 1 amide bonds. The molecule has 0 saturated carbocycles. The molecule has 25 heavy (non-hydrogen) atoms. The topological polar surface area (TPSA) is 72.7 Å². The molecular formula is C18H23N5OS. The standard InChI is InChI=1S/C18H23N5OS/c1-3-10-23-18(20-21-22-23)25-12-17(24)19-13(2)15-9-8-14-6-4-5-7-16(14)11-15/h3,8-9,11,13H,1,4-7,10,12H2,2H3,(H,19,24). The Morgan fingerprint density at radius 2 is 2.20 bits per heavy atom. The number of tetrazole rings is 1. The number of rotatable bonds is 7. The molecule has 0 bridgehead atoms. The molecule has 132 valence electrons. The Morgan fingerprint density at radius 1 is 1.40 bits per heavy atom. The maximum atomic E-state index is 12.2. The zero-order valence-corrected chi connectivity index (χ0v) is 15.3. The van der Waals surface area contributed by atoms with Gasteiger partial charge in [0.1, 0.15) is 0 Å². The molecule has 0 radical (unpaired) electrons. The summed E-state index contributed by atoms with van der Waals surface area (Å²) < 4.78 is 1.62. The van der Waals surface area contributed by atoms with Crippen molar-refractivity contribution in [2.24, 2.45) is 0 Å². The summed E-state index contributed by atoms with van der Waals surface area (Å²) in [4.78, 5) is 12.2. The monoisotopic (exact) mass is 357 g/mol. The van der Waals surface area contributed by atoms with E-state index >= 15 is 0 Å². The Morgan fingerprint density at radius 3 is 3.00 bits per heavy atom. The van der Waals surface area contributed by atoms with Crippen molar-refractivity contribution < 1.29 is 4.79 Å². The number of nitrogens with zero attached hydrogens (tertiary/aromatic N) is 4. The number of benzene rings is 1. The molecule has 1 aromatic heterocycles. The van der Waals surface area contributed by atoms with E-state index in [0.29, 0.717) is 11.7 Å². The van der Waals surface area contributed by atoms with Crippen molar-refractivity contribution in [1.29, 1.82) is 0 Å². The number of carbonyl (C=O) groups excluding carboxylic acids is 1. The van der Waals surface area contributed by atoms with Gasteiger partial charge in [0.2, 0.25) is 11.1 Å². The SMILES string of the molecule is C=CCn1nnnc1SCC(=O)NC(C)c1ccc2c(c1)CCCC2. The van der Waals surface area contributed by atoms with Gasteiger partial charge in [0, 0.05) is 0 Å². The van der Waals surface area contributed by atoms with E-state index in [2.05, 4.69) is 45.6 Å². The summed E-state index contributed by atoms with van der Waals surface area (Å²) >= 11 is 1.33. The second-order valence-corrected chi connectivity index (χ2v) is 7.19. The van der Waals surface area contributed by atoms with Gasteiger partial charge in [-0.15, -0.1) is 11.7 Å². The highest BCUT2D eigenvalue weighted by Crippen LogP contribution is 2.25. The number of aryl methyl sites for hydroxylation is 2.